The molecule has 56 heavy (non-hydrogen) atoms. The van der Waals surface area contributed by atoms with E-state index in [1.807, 2.05) is 30.3 Å². The molecule has 3 heteroatoms. The van der Waals surface area contributed by atoms with E-state index in [0.29, 0.717) is 5.89 Å². The third kappa shape index (κ3) is 5.49. The maximum atomic E-state index is 6.60. The Kier molecular flexibility index (Phi) is 7.49. The van der Waals surface area contributed by atoms with Gasteiger partial charge in [0.15, 0.2) is 5.58 Å². The van der Waals surface area contributed by atoms with Gasteiger partial charge in [0.05, 0.1) is 0 Å². The SMILES string of the molecule is c1ccc(-c2cccc(N(c3ccc4cc(-c5ccccc5)ccc4c3)c3ccc4c(ccc5ccc6ccc7nc(-c8ccccc8)oc7c6c54)c3)c2)cc1. The second-order valence-electron chi connectivity index (χ2n) is 14.4. The van der Waals surface area contributed by atoms with Gasteiger partial charge in [0.2, 0.25) is 5.89 Å². The average molecular weight is 715 g/mol. The van der Waals surface area contributed by atoms with Gasteiger partial charge in [-0.25, -0.2) is 4.98 Å². The number of aromatic nitrogens is 1. The molecule has 0 bridgehead atoms. The third-order valence-corrected chi connectivity index (χ3v) is 11.0. The van der Waals surface area contributed by atoms with Gasteiger partial charge in [0.25, 0.3) is 0 Å². The Morgan fingerprint density at radius 1 is 0.339 bits per heavy atom. The highest BCUT2D eigenvalue weighted by molar-refractivity contribution is 6.26. The molecule has 0 aliphatic carbocycles. The lowest BCUT2D eigenvalue weighted by Crippen LogP contribution is -2.10. The van der Waals surface area contributed by atoms with Crippen molar-refractivity contribution >= 4 is 71.3 Å². The van der Waals surface area contributed by atoms with Crippen molar-refractivity contribution in [1.29, 1.82) is 0 Å². The number of hydrogen-bond donors (Lipinski definition) is 0. The normalized spacial score (nSPS) is 11.6. The van der Waals surface area contributed by atoms with Crippen molar-refractivity contribution in [2.24, 2.45) is 0 Å². The quantitative estimate of drug-likeness (QED) is 0.161. The van der Waals surface area contributed by atoms with Crippen molar-refractivity contribution in [2.75, 3.05) is 4.90 Å². The molecule has 1 aromatic heterocycles. The molecule has 0 N–H and O–H groups in total. The fourth-order valence-electron chi connectivity index (χ4n) is 8.26. The van der Waals surface area contributed by atoms with E-state index < -0.39 is 0 Å². The van der Waals surface area contributed by atoms with Crippen LogP contribution < -0.4 is 4.90 Å². The molecule has 0 amide bonds. The Hall–Kier alpha value is -7.49. The van der Waals surface area contributed by atoms with E-state index in [9.17, 15) is 0 Å². The van der Waals surface area contributed by atoms with Gasteiger partial charge in [0.1, 0.15) is 5.52 Å². The van der Waals surface area contributed by atoms with Crippen LogP contribution in [0.4, 0.5) is 17.1 Å². The number of benzene rings is 10. The Labute approximate surface area is 324 Å². The first-order chi connectivity index (χ1) is 27.7. The van der Waals surface area contributed by atoms with Gasteiger partial charge >= 0.3 is 0 Å². The number of fused-ring (bicyclic) bond motifs is 8. The zero-order chi connectivity index (χ0) is 37.0. The number of rotatable bonds is 6. The van der Waals surface area contributed by atoms with E-state index in [4.69, 9.17) is 9.40 Å². The highest BCUT2D eigenvalue weighted by atomic mass is 16.3. The summed E-state index contributed by atoms with van der Waals surface area (Å²) in [5, 5.41) is 9.28. The van der Waals surface area contributed by atoms with Gasteiger partial charge in [-0.15, -0.1) is 0 Å². The van der Waals surface area contributed by atoms with E-state index in [2.05, 4.69) is 181 Å². The number of nitrogens with zero attached hydrogens (tertiary/aromatic N) is 2. The van der Waals surface area contributed by atoms with Gasteiger partial charge in [-0.1, -0.05) is 146 Å². The van der Waals surface area contributed by atoms with Crippen LogP contribution in [0.2, 0.25) is 0 Å². The Morgan fingerprint density at radius 3 is 1.59 bits per heavy atom. The molecule has 262 valence electrons. The molecular formula is C53H34N2O. The molecule has 11 aromatic rings. The number of anilines is 3. The molecular weight excluding hydrogens is 681 g/mol. The summed E-state index contributed by atoms with van der Waals surface area (Å²) >= 11 is 0. The van der Waals surface area contributed by atoms with Crippen LogP contribution in [-0.4, -0.2) is 4.98 Å². The molecule has 0 unspecified atom stereocenters. The fourth-order valence-corrected chi connectivity index (χ4v) is 8.26. The van der Waals surface area contributed by atoms with Crippen molar-refractivity contribution in [3.05, 3.63) is 206 Å². The molecule has 0 aliphatic heterocycles. The van der Waals surface area contributed by atoms with Crippen molar-refractivity contribution < 1.29 is 4.42 Å². The van der Waals surface area contributed by atoms with Crippen LogP contribution in [0.15, 0.2) is 211 Å². The molecule has 0 saturated heterocycles. The molecule has 0 atom stereocenters. The molecule has 10 aromatic carbocycles. The topological polar surface area (TPSA) is 29.3 Å². The third-order valence-electron chi connectivity index (χ3n) is 11.0. The maximum Gasteiger partial charge on any atom is 0.227 e. The van der Waals surface area contributed by atoms with Crippen molar-refractivity contribution in [2.45, 2.75) is 0 Å². The minimum atomic E-state index is 0.632. The van der Waals surface area contributed by atoms with Crippen LogP contribution in [0.3, 0.4) is 0 Å². The summed E-state index contributed by atoms with van der Waals surface area (Å²) in [6.07, 6.45) is 0. The molecule has 11 rings (SSSR count). The van der Waals surface area contributed by atoms with Gasteiger partial charge in [-0.3, -0.25) is 0 Å². The second-order valence-corrected chi connectivity index (χ2v) is 14.4. The lowest BCUT2D eigenvalue weighted by Gasteiger charge is -2.27. The summed E-state index contributed by atoms with van der Waals surface area (Å²) in [5.41, 5.74) is 10.7. The second kappa shape index (κ2) is 13.1. The molecule has 0 fully saturated rings. The molecule has 0 radical (unpaired) electrons. The van der Waals surface area contributed by atoms with E-state index in [1.165, 1.54) is 49.2 Å². The van der Waals surface area contributed by atoms with Crippen LogP contribution in [0, 0.1) is 0 Å². The molecule has 3 nitrogen and oxygen atoms in total. The highest BCUT2D eigenvalue weighted by Gasteiger charge is 2.18. The monoisotopic (exact) mass is 714 g/mol. The van der Waals surface area contributed by atoms with Crippen LogP contribution in [0.1, 0.15) is 0 Å². The van der Waals surface area contributed by atoms with Gasteiger partial charge in [-0.2, -0.15) is 0 Å². The zero-order valence-corrected chi connectivity index (χ0v) is 30.4. The zero-order valence-electron chi connectivity index (χ0n) is 30.4. The molecule has 0 aliphatic rings. The van der Waals surface area contributed by atoms with Crippen LogP contribution in [0.5, 0.6) is 0 Å². The summed E-state index contributed by atoms with van der Waals surface area (Å²) in [6.45, 7) is 0. The van der Waals surface area contributed by atoms with Gasteiger partial charge in [0, 0.05) is 33.4 Å². The van der Waals surface area contributed by atoms with E-state index in [-0.39, 0.29) is 0 Å². The summed E-state index contributed by atoms with van der Waals surface area (Å²) in [7, 11) is 0. The molecule has 0 saturated carbocycles. The largest absolute Gasteiger partial charge is 0.435 e. The fraction of sp³-hybridized carbons (Fsp3) is 0. The maximum absolute atomic E-state index is 6.60. The summed E-state index contributed by atoms with van der Waals surface area (Å²) < 4.78 is 6.60. The van der Waals surface area contributed by atoms with Crippen molar-refractivity contribution in [1.82, 2.24) is 4.98 Å². The Bertz CT molecular complexity index is 3240. The lowest BCUT2D eigenvalue weighted by molar-refractivity contribution is 0.623. The Balaban J connectivity index is 1.09. The average Bonchev–Trinajstić information content (AvgIpc) is 3.72. The number of hydrogen-bond acceptors (Lipinski definition) is 3. The molecule has 0 spiro atoms. The summed E-state index contributed by atoms with van der Waals surface area (Å²) in [6, 6.07) is 73.7. The Morgan fingerprint density at radius 2 is 0.857 bits per heavy atom. The van der Waals surface area contributed by atoms with Crippen LogP contribution in [0.25, 0.3) is 87.9 Å². The lowest BCUT2D eigenvalue weighted by atomic mass is 9.95. The van der Waals surface area contributed by atoms with Crippen LogP contribution in [-0.2, 0) is 0 Å². The van der Waals surface area contributed by atoms with Crippen molar-refractivity contribution in [3.8, 4) is 33.7 Å². The van der Waals surface area contributed by atoms with Gasteiger partial charge < -0.3 is 9.32 Å². The van der Waals surface area contributed by atoms with E-state index >= 15 is 0 Å². The first kappa shape index (κ1) is 32.0. The van der Waals surface area contributed by atoms with E-state index in [1.54, 1.807) is 0 Å². The standard InChI is InChI=1S/C53H34N2O/c1-4-11-35(12-5-1)40-17-10-18-45(32-40)55(46-27-25-42-31-41(22-23-43(42)33-46)36-13-6-2-7-14-36)47-28-29-48-44(34-47)24-21-37-19-20-38-26-30-49-52(51(38)50(37)48)56-53(54-49)39-15-8-3-9-16-39/h1-34H. The smallest absolute Gasteiger partial charge is 0.227 e. The predicted octanol–water partition coefficient (Wildman–Crippen LogP) is 14.9. The van der Waals surface area contributed by atoms with Crippen molar-refractivity contribution in [3.63, 3.8) is 0 Å². The minimum absolute atomic E-state index is 0.632. The first-order valence-electron chi connectivity index (χ1n) is 19.0. The molecule has 1 heterocycles. The summed E-state index contributed by atoms with van der Waals surface area (Å²) in [5.74, 6) is 0.632. The predicted molar refractivity (Wildman–Crippen MR) is 235 cm³/mol. The van der Waals surface area contributed by atoms with E-state index in [0.717, 1.165) is 49.9 Å². The minimum Gasteiger partial charge on any atom is -0.435 e. The number of oxazole rings is 1. The van der Waals surface area contributed by atoms with Gasteiger partial charge in [-0.05, 0) is 115 Å². The summed E-state index contributed by atoms with van der Waals surface area (Å²) in [4.78, 5) is 7.30. The first-order valence-corrected chi connectivity index (χ1v) is 19.0. The van der Waals surface area contributed by atoms with Crippen LogP contribution >= 0.6 is 0 Å². The highest BCUT2D eigenvalue weighted by Crippen LogP contribution is 2.42.